The fraction of sp³-hybridized carbons (Fsp3) is 0.724. The van der Waals surface area contributed by atoms with E-state index >= 15 is 0 Å². The van der Waals surface area contributed by atoms with Crippen molar-refractivity contribution in [3.63, 3.8) is 0 Å². The Morgan fingerprint density at radius 2 is 1.74 bits per heavy atom. The van der Waals surface area contributed by atoms with Gasteiger partial charge in [-0.25, -0.2) is 13.1 Å². The zero-order valence-corrected chi connectivity index (χ0v) is 24.3. The molecule has 0 aromatic carbocycles. The molecular weight excluding hydrogens is 516 g/mol. The molecule has 2 N–H and O–H groups in total. The molecule has 1 aromatic rings. The molecule has 208 valence electrons. The van der Waals surface area contributed by atoms with Crippen molar-refractivity contribution in [3.8, 4) is 6.07 Å². The van der Waals surface area contributed by atoms with Crippen molar-refractivity contribution in [2.45, 2.75) is 108 Å². The van der Waals surface area contributed by atoms with Crippen molar-refractivity contribution < 1.29 is 13.2 Å². The second-order valence-corrected chi connectivity index (χ2v) is 15.1. The third kappa shape index (κ3) is 6.52. The van der Waals surface area contributed by atoms with Crippen LogP contribution in [0.1, 0.15) is 100.0 Å². The largest absolute Gasteiger partial charge is 0.313 e. The Morgan fingerprint density at radius 3 is 2.39 bits per heavy atom. The molecule has 4 aliphatic rings. The molecule has 3 fully saturated rings. The number of hydrogen-bond donors (Lipinski definition) is 2. The summed E-state index contributed by atoms with van der Waals surface area (Å²) >= 11 is 1.55. The molecule has 9 heteroatoms. The number of hydrogen-bond acceptors (Lipinski definition) is 6. The first-order valence-electron chi connectivity index (χ1n) is 14.6. The van der Waals surface area contributed by atoms with Gasteiger partial charge >= 0.3 is 0 Å². The maximum absolute atomic E-state index is 12.9. The summed E-state index contributed by atoms with van der Waals surface area (Å²) < 4.78 is 28.4. The second-order valence-electron chi connectivity index (χ2n) is 12.0. The zero-order valence-electron chi connectivity index (χ0n) is 22.6. The van der Waals surface area contributed by atoms with Crippen LogP contribution in [0.5, 0.6) is 0 Å². The fourth-order valence-electron chi connectivity index (χ4n) is 6.89. The number of fused-ring (bicyclic) bond motifs is 1. The molecule has 0 spiro atoms. The predicted octanol–water partition coefficient (Wildman–Crippen LogP) is 5.47. The van der Waals surface area contributed by atoms with Crippen LogP contribution in [0.4, 0.5) is 5.00 Å². The van der Waals surface area contributed by atoms with Gasteiger partial charge in [0.2, 0.25) is 15.9 Å². The van der Waals surface area contributed by atoms with E-state index < -0.39 is 10.0 Å². The summed E-state index contributed by atoms with van der Waals surface area (Å²) in [6.07, 6.45) is 14.8. The highest BCUT2D eigenvalue weighted by Gasteiger charge is 2.32. The van der Waals surface area contributed by atoms with Crippen molar-refractivity contribution >= 4 is 32.3 Å². The van der Waals surface area contributed by atoms with Gasteiger partial charge in [-0.15, -0.1) is 11.3 Å². The molecule has 1 aliphatic heterocycles. The minimum Gasteiger partial charge on any atom is -0.313 e. The Balaban J connectivity index is 1.16. The van der Waals surface area contributed by atoms with Gasteiger partial charge in [0, 0.05) is 42.2 Å². The summed E-state index contributed by atoms with van der Waals surface area (Å²) in [5, 5.41) is 13.2. The first kappa shape index (κ1) is 27.8. The minimum absolute atomic E-state index is 0.216. The number of thiophene rings is 1. The fourth-order valence-corrected chi connectivity index (χ4v) is 9.74. The third-order valence-electron chi connectivity index (χ3n) is 9.27. The van der Waals surface area contributed by atoms with Crippen LogP contribution in [-0.4, -0.2) is 43.6 Å². The molecule has 1 aromatic heterocycles. The second kappa shape index (κ2) is 12.2. The van der Waals surface area contributed by atoms with Gasteiger partial charge in [-0.05, 0) is 76.5 Å². The lowest BCUT2D eigenvalue weighted by Gasteiger charge is -2.35. The summed E-state index contributed by atoms with van der Waals surface area (Å²) in [7, 11) is -3.32. The lowest BCUT2D eigenvalue weighted by molar-refractivity contribution is -0.112. The van der Waals surface area contributed by atoms with Crippen LogP contribution in [0.2, 0.25) is 0 Å². The van der Waals surface area contributed by atoms with Crippen molar-refractivity contribution in [1.29, 1.82) is 5.26 Å². The number of anilines is 1. The Hall–Kier alpha value is -1.73. The Kier molecular flexibility index (Phi) is 8.93. The van der Waals surface area contributed by atoms with Crippen molar-refractivity contribution in [3.05, 3.63) is 27.7 Å². The zero-order chi connectivity index (χ0) is 26.7. The van der Waals surface area contributed by atoms with Crippen molar-refractivity contribution in [1.82, 2.24) is 9.62 Å². The summed E-state index contributed by atoms with van der Waals surface area (Å²) in [6, 6.07) is 2.81. The van der Waals surface area contributed by atoms with Crippen LogP contribution in [0.25, 0.3) is 0 Å². The Bertz CT molecular complexity index is 1180. The number of nitrogens with zero attached hydrogens (tertiary/aromatic N) is 2. The molecule has 1 atom stereocenters. The maximum Gasteiger partial charge on any atom is 0.248 e. The summed E-state index contributed by atoms with van der Waals surface area (Å²) in [6.45, 7) is 4.72. The monoisotopic (exact) mass is 558 g/mol. The SMILES string of the molecule is CC1Cc2sc(NC(=O)C=C3CCC(S(=O)(=O)NCC4CCCC4)CC3)c(C#N)c2CN1CC1CCCC1. The number of allylic oxidation sites excluding steroid dienone is 1. The van der Waals surface area contributed by atoms with E-state index in [9.17, 15) is 18.5 Å². The molecule has 5 rings (SSSR count). The summed E-state index contributed by atoms with van der Waals surface area (Å²) in [5.41, 5.74) is 2.69. The maximum atomic E-state index is 12.9. The normalized spacial score (nSPS) is 25.3. The van der Waals surface area contributed by atoms with Crippen LogP contribution in [0, 0.1) is 23.2 Å². The topological polar surface area (TPSA) is 102 Å². The highest BCUT2D eigenvalue weighted by Crippen LogP contribution is 2.39. The molecule has 0 saturated heterocycles. The van der Waals surface area contributed by atoms with E-state index in [1.807, 2.05) is 0 Å². The number of carbonyl (C=O) groups is 1. The van der Waals surface area contributed by atoms with Gasteiger partial charge in [-0.3, -0.25) is 9.69 Å². The summed E-state index contributed by atoms with van der Waals surface area (Å²) in [4.78, 5) is 16.7. The number of rotatable bonds is 8. The smallest absolute Gasteiger partial charge is 0.248 e. The van der Waals surface area contributed by atoms with E-state index in [0.717, 1.165) is 49.4 Å². The van der Waals surface area contributed by atoms with E-state index in [4.69, 9.17) is 0 Å². The van der Waals surface area contributed by atoms with E-state index in [2.05, 4.69) is 27.9 Å². The van der Waals surface area contributed by atoms with Crippen LogP contribution in [-0.2, 0) is 27.8 Å². The number of carbonyl (C=O) groups excluding carboxylic acids is 1. The molecule has 38 heavy (non-hydrogen) atoms. The van der Waals surface area contributed by atoms with Crippen LogP contribution < -0.4 is 10.0 Å². The van der Waals surface area contributed by atoms with Gasteiger partial charge < -0.3 is 5.32 Å². The molecule has 1 amide bonds. The van der Waals surface area contributed by atoms with Gasteiger partial charge in [-0.2, -0.15) is 5.26 Å². The first-order valence-corrected chi connectivity index (χ1v) is 17.0. The molecule has 0 radical (unpaired) electrons. The highest BCUT2D eigenvalue weighted by atomic mass is 32.2. The van der Waals surface area contributed by atoms with E-state index in [-0.39, 0.29) is 11.2 Å². The lowest BCUT2D eigenvalue weighted by atomic mass is 9.94. The molecule has 1 unspecified atom stereocenters. The molecule has 2 heterocycles. The van der Waals surface area contributed by atoms with Gasteiger partial charge in [0.1, 0.15) is 11.1 Å². The minimum atomic E-state index is -3.32. The molecule has 3 saturated carbocycles. The van der Waals surface area contributed by atoms with Crippen molar-refractivity contribution in [2.75, 3.05) is 18.4 Å². The van der Waals surface area contributed by atoms with E-state index in [1.54, 1.807) is 17.4 Å². The third-order valence-corrected chi connectivity index (χ3v) is 12.4. The van der Waals surface area contributed by atoms with Crippen LogP contribution in [0.15, 0.2) is 11.6 Å². The first-order chi connectivity index (χ1) is 18.3. The Labute approximate surface area is 232 Å². The number of sulfonamides is 1. The average Bonchev–Trinajstić information content (AvgIpc) is 3.65. The van der Waals surface area contributed by atoms with E-state index in [1.165, 1.54) is 43.4 Å². The molecular formula is C29H42N4O3S2. The van der Waals surface area contributed by atoms with Gasteiger partial charge in [0.15, 0.2) is 0 Å². The molecule has 3 aliphatic carbocycles. The molecule has 0 bridgehead atoms. The standard InChI is InChI=1S/C29H42N4O3S2/c1-20-14-27-26(19-33(20)18-23-8-4-5-9-23)25(16-30)29(37-27)32-28(34)15-21-10-12-24(13-11-21)38(35,36)31-17-22-6-2-3-7-22/h15,20,22-24,31H,2-14,17-19H2,1H3,(H,32,34). The molecule has 7 nitrogen and oxygen atoms in total. The van der Waals surface area contributed by atoms with E-state index in [0.29, 0.717) is 54.8 Å². The van der Waals surface area contributed by atoms with Gasteiger partial charge in [-0.1, -0.05) is 31.3 Å². The number of nitrogens with one attached hydrogen (secondary N) is 2. The van der Waals surface area contributed by atoms with Crippen molar-refractivity contribution in [2.24, 2.45) is 11.8 Å². The highest BCUT2D eigenvalue weighted by molar-refractivity contribution is 7.90. The van der Waals surface area contributed by atoms with Crippen LogP contribution >= 0.6 is 11.3 Å². The number of nitriles is 1. The lowest BCUT2D eigenvalue weighted by Crippen LogP contribution is -2.40. The summed E-state index contributed by atoms with van der Waals surface area (Å²) in [5.74, 6) is 1.03. The predicted molar refractivity (Wildman–Crippen MR) is 152 cm³/mol. The number of amides is 1. The van der Waals surface area contributed by atoms with Gasteiger partial charge in [0.05, 0.1) is 10.8 Å². The Morgan fingerprint density at radius 1 is 1.08 bits per heavy atom. The van der Waals surface area contributed by atoms with Gasteiger partial charge in [0.25, 0.3) is 0 Å². The average molecular weight is 559 g/mol. The quantitative estimate of drug-likeness (QED) is 0.412. The van der Waals surface area contributed by atoms with Crippen LogP contribution in [0.3, 0.4) is 0 Å².